The Morgan fingerprint density at radius 1 is 0.397 bits per heavy atom. The van der Waals surface area contributed by atoms with Gasteiger partial charge in [0.1, 0.15) is 13.2 Å². The quantitative estimate of drug-likeness (QED) is 0.0211. The van der Waals surface area contributed by atoms with Crippen LogP contribution in [0, 0.1) is 0 Å². The van der Waals surface area contributed by atoms with E-state index in [1.807, 2.05) is 21.1 Å². The summed E-state index contributed by atoms with van der Waals surface area (Å²) in [6.45, 7) is 4.94. The molecule has 0 aliphatic carbocycles. The monoisotopic (exact) mass is 1030 g/mol. The highest BCUT2D eigenvalue weighted by Crippen LogP contribution is 2.18. The number of rotatable bonds is 60. The summed E-state index contributed by atoms with van der Waals surface area (Å²) in [4.78, 5) is 37.5. The lowest BCUT2D eigenvalue weighted by atomic mass is 10.0. The van der Waals surface area contributed by atoms with Gasteiger partial charge < -0.3 is 28.5 Å². The Balaban J connectivity index is 4.07. The van der Waals surface area contributed by atoms with E-state index in [9.17, 15) is 19.5 Å². The molecule has 0 aromatic rings. The van der Waals surface area contributed by atoms with Crippen LogP contribution in [0.5, 0.6) is 0 Å². The third-order valence-electron chi connectivity index (χ3n) is 14.5. The molecule has 0 heterocycles. The Morgan fingerprint density at radius 3 is 1.01 bits per heavy atom. The topological polar surface area (TPSA) is 108 Å². The van der Waals surface area contributed by atoms with E-state index in [-0.39, 0.29) is 38.2 Å². The lowest BCUT2D eigenvalue weighted by molar-refractivity contribution is -0.870. The van der Waals surface area contributed by atoms with Crippen LogP contribution >= 0.6 is 0 Å². The zero-order valence-corrected chi connectivity index (χ0v) is 49.3. The molecule has 2 unspecified atom stereocenters. The fourth-order valence-electron chi connectivity index (χ4n) is 9.60. The number of esters is 2. The van der Waals surface area contributed by atoms with Gasteiger partial charge in [-0.1, -0.05) is 283 Å². The number of carbonyl (C=O) groups is 3. The van der Waals surface area contributed by atoms with Crippen molar-refractivity contribution < 1.29 is 42.9 Å². The van der Waals surface area contributed by atoms with Gasteiger partial charge in [-0.15, -0.1) is 0 Å². The van der Waals surface area contributed by atoms with Crippen LogP contribution in [0.25, 0.3) is 0 Å². The zero-order chi connectivity index (χ0) is 53.4. The minimum Gasteiger partial charge on any atom is -0.477 e. The van der Waals surface area contributed by atoms with Gasteiger partial charge in [0.2, 0.25) is 0 Å². The summed E-state index contributed by atoms with van der Waals surface area (Å²) < 4.78 is 22.9. The fraction of sp³-hybridized carbons (Fsp3) is 0.922. The average molecular weight is 1040 g/mol. The molecule has 0 aliphatic rings. The number of aliphatic carboxylic acids is 1. The van der Waals surface area contributed by atoms with E-state index in [1.54, 1.807) is 0 Å². The van der Waals surface area contributed by atoms with Crippen molar-refractivity contribution >= 4 is 17.9 Å². The molecule has 432 valence electrons. The second kappa shape index (κ2) is 56.2. The van der Waals surface area contributed by atoms with Crippen molar-refractivity contribution in [1.29, 1.82) is 0 Å². The Bertz CT molecular complexity index is 1200. The van der Waals surface area contributed by atoms with Crippen LogP contribution in [-0.4, -0.2) is 87.4 Å². The maximum absolute atomic E-state index is 12.9. The number of quaternary nitrogens is 1. The molecule has 1 N–H and O–H groups in total. The first-order valence-electron chi connectivity index (χ1n) is 31.9. The molecule has 0 saturated carbocycles. The number of carbonyl (C=O) groups excluding carboxylic acids is 2. The summed E-state index contributed by atoms with van der Waals surface area (Å²) in [5, 5.41) is 9.71. The number of carboxylic acids is 1. The second-order valence-electron chi connectivity index (χ2n) is 23.1. The molecule has 0 aromatic heterocycles. The molecular formula is C64H124NO8+. The van der Waals surface area contributed by atoms with Gasteiger partial charge >= 0.3 is 17.9 Å². The highest BCUT2D eigenvalue weighted by atomic mass is 16.7. The van der Waals surface area contributed by atoms with Gasteiger partial charge in [-0.05, 0) is 38.5 Å². The molecule has 0 aromatic carbocycles. The number of unbranched alkanes of at least 4 members (excludes halogenated alkanes) is 43. The summed E-state index contributed by atoms with van der Waals surface area (Å²) >= 11 is 0. The molecule has 0 fully saturated rings. The number of likely N-dealkylation sites (N-methyl/N-ethyl adjacent to an activating group) is 1. The van der Waals surface area contributed by atoms with Crippen LogP contribution in [0.4, 0.5) is 0 Å². The van der Waals surface area contributed by atoms with Crippen LogP contribution in [0.3, 0.4) is 0 Å². The van der Waals surface area contributed by atoms with E-state index in [4.69, 9.17) is 18.9 Å². The van der Waals surface area contributed by atoms with E-state index in [0.717, 1.165) is 38.5 Å². The maximum atomic E-state index is 12.9. The molecule has 2 atom stereocenters. The van der Waals surface area contributed by atoms with Gasteiger partial charge in [0.05, 0.1) is 34.4 Å². The molecule has 0 bridgehead atoms. The minimum absolute atomic E-state index is 0.174. The standard InChI is InChI=1S/C64H123NO8/c1-6-8-10-12-14-16-18-20-22-24-25-26-27-28-29-30-31-32-33-34-35-36-37-39-41-43-45-47-49-51-53-55-62(67)73-60(59-72-64(63(68)69)70-57-56-65(3,4)5)58-71-61(66)54-52-50-48-46-44-42-40-38-23-21-19-17-15-13-11-9-7-2/h24-25,60,64H,6-23,26-59H2,1-5H3/p+1/b25-24-. The second-order valence-corrected chi connectivity index (χ2v) is 23.1. The van der Waals surface area contributed by atoms with E-state index in [1.165, 1.54) is 257 Å². The van der Waals surface area contributed by atoms with Gasteiger partial charge in [0.15, 0.2) is 6.10 Å². The third kappa shape index (κ3) is 57.6. The molecule has 73 heavy (non-hydrogen) atoms. The lowest BCUT2D eigenvalue weighted by Gasteiger charge is -2.25. The van der Waals surface area contributed by atoms with E-state index in [0.29, 0.717) is 17.4 Å². The van der Waals surface area contributed by atoms with Gasteiger partial charge in [-0.25, -0.2) is 4.79 Å². The van der Waals surface area contributed by atoms with Crippen LogP contribution in [0.15, 0.2) is 12.2 Å². The molecule has 0 radical (unpaired) electrons. The Hall–Kier alpha value is -1.97. The molecule has 0 amide bonds. The first-order chi connectivity index (χ1) is 35.6. The van der Waals surface area contributed by atoms with Crippen molar-refractivity contribution in [2.45, 2.75) is 334 Å². The van der Waals surface area contributed by atoms with Crippen LogP contribution < -0.4 is 0 Å². The number of allylic oxidation sites excluding steroid dienone is 2. The lowest BCUT2D eigenvalue weighted by Crippen LogP contribution is -2.40. The van der Waals surface area contributed by atoms with E-state index < -0.39 is 18.4 Å². The number of hydrogen-bond donors (Lipinski definition) is 1. The smallest absolute Gasteiger partial charge is 0.361 e. The fourth-order valence-corrected chi connectivity index (χ4v) is 9.60. The summed E-state index contributed by atoms with van der Waals surface area (Å²) in [5.74, 6) is -1.97. The predicted molar refractivity (Wildman–Crippen MR) is 309 cm³/mol. The first-order valence-corrected chi connectivity index (χ1v) is 31.9. The number of hydrogen-bond acceptors (Lipinski definition) is 7. The summed E-state index contributed by atoms with van der Waals surface area (Å²) in [5.41, 5.74) is 0. The van der Waals surface area contributed by atoms with Gasteiger partial charge in [-0.3, -0.25) is 9.59 Å². The molecule has 0 rings (SSSR count). The Morgan fingerprint density at radius 2 is 0.699 bits per heavy atom. The third-order valence-corrected chi connectivity index (χ3v) is 14.5. The Kier molecular flexibility index (Phi) is 54.7. The van der Waals surface area contributed by atoms with E-state index >= 15 is 0 Å². The summed E-state index contributed by atoms with van der Waals surface area (Å²) in [6, 6.07) is 0. The van der Waals surface area contributed by atoms with Gasteiger partial charge in [-0.2, -0.15) is 0 Å². The van der Waals surface area contributed by atoms with Crippen LogP contribution in [0.2, 0.25) is 0 Å². The minimum atomic E-state index is -1.50. The Labute approximate surface area is 453 Å². The van der Waals surface area contributed by atoms with Crippen molar-refractivity contribution in [2.24, 2.45) is 0 Å². The van der Waals surface area contributed by atoms with Crippen molar-refractivity contribution in [3.63, 3.8) is 0 Å². The molecule has 0 spiro atoms. The van der Waals surface area contributed by atoms with Crippen molar-refractivity contribution in [2.75, 3.05) is 47.5 Å². The van der Waals surface area contributed by atoms with Crippen LogP contribution in [-0.2, 0) is 33.3 Å². The SMILES string of the molecule is CCCCCCCCCC/C=C\CCCCCCCCCCCCCCCCCCCCCC(=O)OC(COC(=O)CCCCCCCCCCCCCCCCCCC)COC(OCC[N+](C)(C)C)C(=O)O. The average Bonchev–Trinajstić information content (AvgIpc) is 3.36. The van der Waals surface area contributed by atoms with Crippen LogP contribution in [0.1, 0.15) is 322 Å². The van der Waals surface area contributed by atoms with E-state index in [2.05, 4.69) is 26.0 Å². The molecule has 0 saturated heterocycles. The number of nitrogens with zero attached hydrogens (tertiary/aromatic N) is 1. The van der Waals surface area contributed by atoms with Gasteiger partial charge in [0, 0.05) is 12.8 Å². The highest BCUT2D eigenvalue weighted by molar-refractivity contribution is 5.71. The highest BCUT2D eigenvalue weighted by Gasteiger charge is 2.25. The predicted octanol–water partition coefficient (Wildman–Crippen LogP) is 18.9. The normalized spacial score (nSPS) is 12.7. The molecule has 9 nitrogen and oxygen atoms in total. The van der Waals surface area contributed by atoms with Gasteiger partial charge in [0.25, 0.3) is 6.29 Å². The largest absolute Gasteiger partial charge is 0.477 e. The van der Waals surface area contributed by atoms with Crippen molar-refractivity contribution in [3.05, 3.63) is 12.2 Å². The first kappa shape index (κ1) is 71.0. The number of carboxylic acid groups (broad SMARTS) is 1. The van der Waals surface area contributed by atoms with Crippen molar-refractivity contribution in [1.82, 2.24) is 0 Å². The number of ether oxygens (including phenoxy) is 4. The summed E-state index contributed by atoms with van der Waals surface area (Å²) in [6.07, 6.45) is 63.1. The molecule has 0 aliphatic heterocycles. The summed E-state index contributed by atoms with van der Waals surface area (Å²) in [7, 11) is 5.98. The molecule has 9 heteroatoms. The molecular weight excluding hydrogens is 911 g/mol. The van der Waals surface area contributed by atoms with Crippen molar-refractivity contribution in [3.8, 4) is 0 Å². The zero-order valence-electron chi connectivity index (χ0n) is 49.3. The maximum Gasteiger partial charge on any atom is 0.361 e.